The van der Waals surface area contributed by atoms with Gasteiger partial charge in [0, 0.05) is 19.3 Å². The molecule has 0 radical (unpaired) electrons. The van der Waals surface area contributed by atoms with Crippen LogP contribution in [0.3, 0.4) is 0 Å². The van der Waals surface area contributed by atoms with Gasteiger partial charge in [-0.15, -0.1) is 0 Å². The Hall–Kier alpha value is -3.67. The number of allylic oxidation sites excluding steroid dienone is 16. The van der Waals surface area contributed by atoms with Crippen molar-refractivity contribution in [3.63, 3.8) is 0 Å². The second-order valence-corrected chi connectivity index (χ2v) is 21.6. The van der Waals surface area contributed by atoms with Crippen molar-refractivity contribution >= 4 is 17.9 Å². The summed E-state index contributed by atoms with van der Waals surface area (Å²) in [6.45, 7) is 6.51. The normalized spacial score (nSPS) is 12.7. The zero-order valence-electron chi connectivity index (χ0n) is 50.7. The maximum atomic E-state index is 12.9. The molecular formula is C71H122O6. The molecule has 0 aliphatic carbocycles. The number of carbonyl (C=O) groups excluding carboxylic acids is 3. The van der Waals surface area contributed by atoms with E-state index in [4.69, 9.17) is 14.2 Å². The summed E-state index contributed by atoms with van der Waals surface area (Å²) in [7, 11) is 0. The summed E-state index contributed by atoms with van der Waals surface area (Å²) in [5, 5.41) is 0. The summed E-state index contributed by atoms with van der Waals surface area (Å²) in [4.78, 5) is 38.4. The van der Waals surface area contributed by atoms with Crippen LogP contribution in [0.5, 0.6) is 0 Å². The number of hydrogen-bond donors (Lipinski definition) is 0. The maximum Gasteiger partial charge on any atom is 0.306 e. The minimum atomic E-state index is -0.795. The molecule has 0 aromatic carbocycles. The molecule has 0 aliphatic heterocycles. The molecule has 442 valence electrons. The van der Waals surface area contributed by atoms with Crippen molar-refractivity contribution in [3.8, 4) is 0 Å². The van der Waals surface area contributed by atoms with Crippen LogP contribution in [-0.4, -0.2) is 37.2 Å². The average Bonchev–Trinajstić information content (AvgIpc) is 3.43. The average molecular weight is 1070 g/mol. The van der Waals surface area contributed by atoms with Crippen LogP contribution in [0.15, 0.2) is 97.2 Å². The summed E-state index contributed by atoms with van der Waals surface area (Å²) in [6, 6.07) is 0. The lowest BCUT2D eigenvalue weighted by Gasteiger charge is -2.18. The van der Waals surface area contributed by atoms with Crippen molar-refractivity contribution in [1.82, 2.24) is 0 Å². The first kappa shape index (κ1) is 73.3. The molecule has 0 N–H and O–H groups in total. The monoisotopic (exact) mass is 1070 g/mol. The first-order valence-electron chi connectivity index (χ1n) is 32.7. The predicted octanol–water partition coefficient (Wildman–Crippen LogP) is 22.4. The molecule has 0 bridgehead atoms. The smallest absolute Gasteiger partial charge is 0.306 e. The molecule has 0 saturated heterocycles. The predicted molar refractivity (Wildman–Crippen MR) is 334 cm³/mol. The van der Waals surface area contributed by atoms with Crippen molar-refractivity contribution in [2.24, 2.45) is 0 Å². The Balaban J connectivity index is 4.43. The lowest BCUT2D eigenvalue weighted by Crippen LogP contribution is -2.30. The Labute approximate surface area is 477 Å². The Morgan fingerprint density at radius 2 is 0.506 bits per heavy atom. The second kappa shape index (κ2) is 64.9. The third kappa shape index (κ3) is 63.0. The summed E-state index contributed by atoms with van der Waals surface area (Å²) in [6.07, 6.45) is 86.9. The molecule has 0 heterocycles. The molecule has 0 aromatic heterocycles. The van der Waals surface area contributed by atoms with Gasteiger partial charge in [0.1, 0.15) is 13.2 Å². The van der Waals surface area contributed by atoms with E-state index in [1.54, 1.807) is 0 Å². The van der Waals surface area contributed by atoms with E-state index >= 15 is 0 Å². The Kier molecular flexibility index (Phi) is 61.8. The summed E-state index contributed by atoms with van der Waals surface area (Å²) in [5.41, 5.74) is 0. The molecular weight excluding hydrogens is 949 g/mol. The molecule has 0 rings (SSSR count). The fourth-order valence-corrected chi connectivity index (χ4v) is 9.14. The van der Waals surface area contributed by atoms with Crippen LogP contribution in [0.2, 0.25) is 0 Å². The zero-order valence-corrected chi connectivity index (χ0v) is 50.7. The van der Waals surface area contributed by atoms with Gasteiger partial charge < -0.3 is 14.2 Å². The Morgan fingerprint density at radius 3 is 0.831 bits per heavy atom. The van der Waals surface area contributed by atoms with Crippen molar-refractivity contribution in [2.75, 3.05) is 13.2 Å². The largest absolute Gasteiger partial charge is 0.462 e. The molecule has 0 fully saturated rings. The van der Waals surface area contributed by atoms with E-state index in [0.29, 0.717) is 19.3 Å². The number of unbranched alkanes of at least 4 members (excludes halogenated alkanes) is 32. The molecule has 0 saturated carbocycles. The van der Waals surface area contributed by atoms with Crippen LogP contribution in [0, 0.1) is 0 Å². The van der Waals surface area contributed by atoms with Crippen LogP contribution in [-0.2, 0) is 28.6 Å². The van der Waals surface area contributed by atoms with Gasteiger partial charge in [-0.3, -0.25) is 14.4 Å². The lowest BCUT2D eigenvalue weighted by molar-refractivity contribution is -0.167. The third-order valence-electron chi connectivity index (χ3n) is 14.0. The highest BCUT2D eigenvalue weighted by molar-refractivity contribution is 5.71. The molecule has 0 aliphatic rings. The molecule has 0 aromatic rings. The van der Waals surface area contributed by atoms with Gasteiger partial charge in [0.05, 0.1) is 0 Å². The van der Waals surface area contributed by atoms with Crippen LogP contribution in [0.1, 0.15) is 316 Å². The van der Waals surface area contributed by atoms with Gasteiger partial charge in [-0.2, -0.15) is 0 Å². The maximum absolute atomic E-state index is 12.9. The number of rotatable bonds is 59. The van der Waals surface area contributed by atoms with Gasteiger partial charge >= 0.3 is 17.9 Å². The molecule has 0 amide bonds. The van der Waals surface area contributed by atoms with Crippen LogP contribution >= 0.6 is 0 Å². The van der Waals surface area contributed by atoms with E-state index in [9.17, 15) is 14.4 Å². The fraction of sp³-hybridized carbons (Fsp3) is 0.732. The highest BCUT2D eigenvalue weighted by atomic mass is 16.6. The quantitative estimate of drug-likeness (QED) is 0.0261. The number of esters is 3. The summed E-state index contributed by atoms with van der Waals surface area (Å²) in [5.74, 6) is -0.906. The number of hydrogen-bond acceptors (Lipinski definition) is 6. The van der Waals surface area contributed by atoms with Gasteiger partial charge in [-0.05, 0) is 122 Å². The molecule has 1 unspecified atom stereocenters. The van der Waals surface area contributed by atoms with Gasteiger partial charge in [-0.1, -0.05) is 272 Å². The molecule has 77 heavy (non-hydrogen) atoms. The van der Waals surface area contributed by atoms with Gasteiger partial charge in [0.25, 0.3) is 0 Å². The molecule has 1 atom stereocenters. The van der Waals surface area contributed by atoms with E-state index in [0.717, 1.165) is 116 Å². The first-order chi connectivity index (χ1) is 38.0. The van der Waals surface area contributed by atoms with Crippen molar-refractivity contribution < 1.29 is 28.6 Å². The Bertz CT molecular complexity index is 1510. The van der Waals surface area contributed by atoms with Crippen molar-refractivity contribution in [1.29, 1.82) is 0 Å². The van der Waals surface area contributed by atoms with Crippen LogP contribution in [0.4, 0.5) is 0 Å². The molecule has 0 spiro atoms. The zero-order chi connectivity index (χ0) is 55.7. The van der Waals surface area contributed by atoms with Gasteiger partial charge in [0.15, 0.2) is 6.10 Å². The highest BCUT2D eigenvalue weighted by Gasteiger charge is 2.19. The summed E-state index contributed by atoms with van der Waals surface area (Å²) >= 11 is 0. The van der Waals surface area contributed by atoms with Crippen molar-refractivity contribution in [2.45, 2.75) is 322 Å². The highest BCUT2D eigenvalue weighted by Crippen LogP contribution is 2.16. The SMILES string of the molecule is CC/C=C\C/C=C\C/C=C\C/C=C\CCCCCCCCC(=O)OC(COC(=O)CCCCCCCC/C=C\C/C=C\C/C=C\CCCCC)COC(=O)CCCCCCCCCCC/C=C\CCCCCCCCCC. The van der Waals surface area contributed by atoms with E-state index in [1.165, 1.54) is 161 Å². The second-order valence-electron chi connectivity index (χ2n) is 21.6. The van der Waals surface area contributed by atoms with Crippen LogP contribution in [0.25, 0.3) is 0 Å². The number of ether oxygens (including phenoxy) is 3. The third-order valence-corrected chi connectivity index (χ3v) is 14.0. The number of carbonyl (C=O) groups is 3. The fourth-order valence-electron chi connectivity index (χ4n) is 9.14. The minimum Gasteiger partial charge on any atom is -0.462 e. The van der Waals surface area contributed by atoms with E-state index in [1.807, 2.05) is 0 Å². The van der Waals surface area contributed by atoms with Crippen molar-refractivity contribution in [3.05, 3.63) is 97.2 Å². The Morgan fingerprint density at radius 1 is 0.273 bits per heavy atom. The molecule has 6 nitrogen and oxygen atoms in total. The lowest BCUT2D eigenvalue weighted by atomic mass is 10.1. The van der Waals surface area contributed by atoms with Gasteiger partial charge in [0.2, 0.25) is 0 Å². The van der Waals surface area contributed by atoms with Crippen LogP contribution < -0.4 is 0 Å². The van der Waals surface area contributed by atoms with E-state index in [-0.39, 0.29) is 31.1 Å². The van der Waals surface area contributed by atoms with E-state index < -0.39 is 6.10 Å². The topological polar surface area (TPSA) is 78.9 Å². The van der Waals surface area contributed by atoms with Gasteiger partial charge in [-0.25, -0.2) is 0 Å². The standard InChI is InChI=1S/C71H122O6/c1-4-7-10-13-16-19-22-25-28-31-34-35-38-40-43-46-49-52-55-58-61-64-70(73)76-67-68(77-71(74)65-62-59-56-53-50-47-44-41-37-33-30-27-24-21-18-15-12-9-6-3)66-75-69(72)63-60-57-54-51-48-45-42-39-36-32-29-26-23-20-17-14-11-8-5-2/h9,12,17-18,20-21,26-27,29-31,34,36-37,39,41,68H,4-8,10-11,13-16,19,22-25,28,32-33,35,38,40,42-67H2,1-3H3/b12-9-,20-17-,21-18-,29-26-,30-27-,34-31-,39-36-,41-37-. The first-order valence-corrected chi connectivity index (χ1v) is 32.7. The van der Waals surface area contributed by atoms with E-state index in [2.05, 4.69) is 118 Å². The summed E-state index contributed by atoms with van der Waals surface area (Å²) < 4.78 is 16.9. The molecule has 6 heteroatoms. The minimum absolute atomic E-state index is 0.0884.